The van der Waals surface area contributed by atoms with Crippen LogP contribution in [-0.2, 0) is 14.3 Å². The maximum atomic E-state index is 13.4. The number of thioether (sulfide) groups is 1. The molecule has 3 saturated heterocycles. The Balaban J connectivity index is 1.44. The highest BCUT2D eigenvalue weighted by molar-refractivity contribution is 7.99. The number of hydrogen-bond acceptors (Lipinski definition) is 8. The summed E-state index contributed by atoms with van der Waals surface area (Å²) in [7, 11) is 0. The van der Waals surface area contributed by atoms with Crippen LogP contribution < -0.4 is 10.6 Å². The van der Waals surface area contributed by atoms with Crippen molar-refractivity contribution in [3.8, 4) is 0 Å². The van der Waals surface area contributed by atoms with E-state index in [1.165, 1.54) is 18.2 Å². The molecule has 0 aromatic carbocycles. The summed E-state index contributed by atoms with van der Waals surface area (Å²) in [6.07, 6.45) is 3.92. The van der Waals surface area contributed by atoms with Crippen LogP contribution in [0.3, 0.4) is 0 Å². The minimum Gasteiger partial charge on any atom is -0.388 e. The zero-order valence-corrected chi connectivity index (χ0v) is 20.5. The Labute approximate surface area is 200 Å². The lowest BCUT2D eigenvalue weighted by Gasteiger charge is -2.44. The van der Waals surface area contributed by atoms with Crippen molar-refractivity contribution in [2.45, 2.75) is 94.0 Å². The van der Waals surface area contributed by atoms with E-state index in [0.717, 1.165) is 25.8 Å². The largest absolute Gasteiger partial charge is 0.388 e. The highest BCUT2D eigenvalue weighted by Gasteiger charge is 2.48. The number of ether oxygens (including phenoxy) is 2. The molecule has 4 rings (SSSR count). The molecular weight excluding hydrogens is 444 g/mol. The minimum absolute atomic E-state index is 0.156. The summed E-state index contributed by atoms with van der Waals surface area (Å²) in [6, 6.07) is -0.930. The lowest BCUT2D eigenvalue weighted by atomic mass is 9.85. The molecule has 0 aromatic heterocycles. The summed E-state index contributed by atoms with van der Waals surface area (Å²) in [5.74, 6) is 2.09. The van der Waals surface area contributed by atoms with Gasteiger partial charge in [-0.3, -0.25) is 4.79 Å². The fourth-order valence-electron chi connectivity index (χ4n) is 5.82. The Bertz CT molecular complexity index is 694. The van der Waals surface area contributed by atoms with Gasteiger partial charge in [-0.2, -0.15) is 0 Å². The molecule has 2 bridgehead atoms. The van der Waals surface area contributed by atoms with E-state index in [9.17, 15) is 20.1 Å². The van der Waals surface area contributed by atoms with Crippen LogP contribution in [0.5, 0.6) is 0 Å². The predicted molar refractivity (Wildman–Crippen MR) is 127 cm³/mol. The molecule has 4 aliphatic heterocycles. The fourth-order valence-corrected chi connectivity index (χ4v) is 6.82. The molecule has 4 heterocycles. The van der Waals surface area contributed by atoms with Crippen molar-refractivity contribution < 1.29 is 29.6 Å². The number of nitrogens with one attached hydrogen (secondary N) is 2. The molecule has 1 amide bonds. The average Bonchev–Trinajstić information content (AvgIpc) is 3.06. The highest BCUT2D eigenvalue weighted by atomic mass is 32.2. The summed E-state index contributed by atoms with van der Waals surface area (Å²) >= 11 is 1.38. The van der Waals surface area contributed by atoms with Gasteiger partial charge in [-0.25, -0.2) is 0 Å². The maximum absolute atomic E-state index is 13.4. The summed E-state index contributed by atoms with van der Waals surface area (Å²) in [6.45, 7) is 5.94. The van der Waals surface area contributed by atoms with Gasteiger partial charge in [0.15, 0.2) is 0 Å². The first-order valence-corrected chi connectivity index (χ1v) is 13.5. The molecule has 5 N–H and O–H groups in total. The Morgan fingerprint density at radius 2 is 1.97 bits per heavy atom. The highest BCUT2D eigenvalue weighted by Crippen LogP contribution is 2.34. The van der Waals surface area contributed by atoms with Gasteiger partial charge in [0.25, 0.3) is 0 Å². The second kappa shape index (κ2) is 11.4. The van der Waals surface area contributed by atoms with E-state index in [-0.39, 0.29) is 12.0 Å². The Hall–Kier alpha value is -0.680. The zero-order chi connectivity index (χ0) is 23.5. The van der Waals surface area contributed by atoms with Crippen LogP contribution in [0.2, 0.25) is 0 Å². The van der Waals surface area contributed by atoms with E-state index in [1.807, 2.05) is 6.08 Å². The molecule has 4 aliphatic rings. The van der Waals surface area contributed by atoms with Crippen molar-refractivity contribution in [3.63, 3.8) is 0 Å². The van der Waals surface area contributed by atoms with Gasteiger partial charge in [-0.15, -0.1) is 11.8 Å². The molecule has 188 valence electrons. The van der Waals surface area contributed by atoms with Crippen molar-refractivity contribution in [1.82, 2.24) is 10.6 Å². The van der Waals surface area contributed by atoms with Crippen LogP contribution in [0, 0.1) is 17.8 Å². The molecular formula is C24H40N2O6S. The van der Waals surface area contributed by atoms with Gasteiger partial charge < -0.3 is 35.4 Å². The fraction of sp³-hybridized carbons (Fsp3) is 0.875. The predicted octanol–water partition coefficient (Wildman–Crippen LogP) is 0.791. The molecule has 0 spiro atoms. The topological polar surface area (TPSA) is 120 Å². The van der Waals surface area contributed by atoms with Crippen molar-refractivity contribution in [3.05, 3.63) is 12.2 Å². The third-order valence-electron chi connectivity index (χ3n) is 7.45. The third kappa shape index (κ3) is 5.94. The van der Waals surface area contributed by atoms with Crippen LogP contribution in [0.15, 0.2) is 12.2 Å². The summed E-state index contributed by atoms with van der Waals surface area (Å²) in [4.78, 5) is 13.4. The van der Waals surface area contributed by atoms with Crippen LogP contribution in [-0.4, -0.2) is 88.2 Å². The number of aliphatic hydroxyl groups excluding tert-OH is 3. The van der Waals surface area contributed by atoms with E-state index in [0.29, 0.717) is 36.5 Å². The first-order chi connectivity index (χ1) is 15.8. The van der Waals surface area contributed by atoms with Crippen LogP contribution in [0.25, 0.3) is 0 Å². The normalized spacial score (nSPS) is 45.2. The molecule has 10 atom stereocenters. The number of fused-ring (bicyclic) bond motifs is 3. The van der Waals surface area contributed by atoms with Gasteiger partial charge in [0.2, 0.25) is 5.91 Å². The van der Waals surface area contributed by atoms with Gasteiger partial charge in [0, 0.05) is 18.9 Å². The third-order valence-corrected chi connectivity index (χ3v) is 8.55. The second-order valence-electron chi connectivity index (χ2n) is 10.4. The molecule has 9 heteroatoms. The lowest BCUT2D eigenvalue weighted by molar-refractivity contribution is -0.205. The SMILES string of the molecule is CC(C)C[C@@H]1CCO[C@@H]2[C@H](CN[C@@H]2C(=O)N[C@@H]2CC/C=C\CS[C@H]3O[C@H]2[C@H](O)[C@H](O)[C@H]3O)C1. The molecule has 8 nitrogen and oxygen atoms in total. The van der Waals surface area contributed by atoms with E-state index < -0.39 is 41.9 Å². The van der Waals surface area contributed by atoms with E-state index in [4.69, 9.17) is 9.47 Å². The van der Waals surface area contributed by atoms with E-state index in [2.05, 4.69) is 30.6 Å². The quantitative estimate of drug-likeness (QED) is 0.372. The van der Waals surface area contributed by atoms with Gasteiger partial charge >= 0.3 is 0 Å². The monoisotopic (exact) mass is 484 g/mol. The molecule has 3 fully saturated rings. The molecule has 0 unspecified atom stereocenters. The number of rotatable bonds is 4. The molecule has 0 saturated carbocycles. The second-order valence-corrected chi connectivity index (χ2v) is 11.6. The van der Waals surface area contributed by atoms with Crippen molar-refractivity contribution in [2.24, 2.45) is 17.8 Å². The number of carbonyl (C=O) groups excluding carboxylic acids is 1. The summed E-state index contributed by atoms with van der Waals surface area (Å²) in [5.41, 5.74) is -0.660. The molecule has 0 aromatic rings. The zero-order valence-electron chi connectivity index (χ0n) is 19.6. The van der Waals surface area contributed by atoms with Gasteiger partial charge in [0.1, 0.15) is 35.9 Å². The van der Waals surface area contributed by atoms with Crippen LogP contribution >= 0.6 is 11.8 Å². The Morgan fingerprint density at radius 1 is 1.15 bits per heavy atom. The standard InChI is InChI=1S/C24H40N2O6S/c1-13(2)10-14-7-8-31-21-15(11-14)12-25-17(21)23(30)26-16-6-4-3-5-9-33-24-20(29)18(27)19(28)22(16)32-24/h3,5,13-22,24-25,27-29H,4,6-12H2,1-2H3,(H,26,30)/b5-3-/t14-,15-,16+,17-,18-,19+,20+,21+,22+,24+/m0/s1. The first-order valence-electron chi connectivity index (χ1n) is 12.5. The minimum atomic E-state index is -1.32. The maximum Gasteiger partial charge on any atom is 0.240 e. The summed E-state index contributed by atoms with van der Waals surface area (Å²) < 4.78 is 12.2. The number of hydrogen-bond donors (Lipinski definition) is 5. The van der Waals surface area contributed by atoms with E-state index in [1.54, 1.807) is 0 Å². The lowest BCUT2D eigenvalue weighted by Crippen LogP contribution is -2.64. The summed E-state index contributed by atoms with van der Waals surface area (Å²) in [5, 5.41) is 37.9. The van der Waals surface area contributed by atoms with Crippen LogP contribution in [0.4, 0.5) is 0 Å². The van der Waals surface area contributed by atoms with Crippen molar-refractivity contribution in [2.75, 3.05) is 18.9 Å². The average molecular weight is 485 g/mol. The number of aliphatic hydroxyl groups is 3. The molecule has 0 aliphatic carbocycles. The molecule has 33 heavy (non-hydrogen) atoms. The first kappa shape index (κ1) is 25.4. The Morgan fingerprint density at radius 3 is 2.76 bits per heavy atom. The Kier molecular flexibility index (Phi) is 8.76. The van der Waals surface area contributed by atoms with Crippen LogP contribution in [0.1, 0.15) is 46.0 Å². The van der Waals surface area contributed by atoms with Gasteiger partial charge in [-0.05, 0) is 49.9 Å². The molecule has 0 radical (unpaired) electrons. The van der Waals surface area contributed by atoms with Gasteiger partial charge in [-0.1, -0.05) is 26.0 Å². The smallest absolute Gasteiger partial charge is 0.240 e. The number of amides is 1. The van der Waals surface area contributed by atoms with E-state index >= 15 is 0 Å². The van der Waals surface area contributed by atoms with Gasteiger partial charge in [0.05, 0.1) is 12.1 Å². The number of allylic oxidation sites excluding steroid dienone is 1. The number of carbonyl (C=O) groups is 1. The van der Waals surface area contributed by atoms with Crippen molar-refractivity contribution >= 4 is 17.7 Å². The van der Waals surface area contributed by atoms with Crippen molar-refractivity contribution in [1.29, 1.82) is 0 Å².